The second-order valence-electron chi connectivity index (χ2n) is 4.61. The van der Waals surface area contributed by atoms with Crippen LogP contribution in [0.2, 0.25) is 0 Å². The Balaban J connectivity index is 2.56. The summed E-state index contributed by atoms with van der Waals surface area (Å²) in [5, 5.41) is 7.52. The second kappa shape index (κ2) is 7.73. The molecule has 9 heteroatoms. The molecular weight excluding hydrogens is 432 g/mol. The molecule has 0 saturated heterocycles. The van der Waals surface area contributed by atoms with Crippen LogP contribution in [0.1, 0.15) is 4.88 Å². The predicted octanol–water partition coefficient (Wildman–Crippen LogP) is 3.91. The Kier molecular flexibility index (Phi) is 6.13. The van der Waals surface area contributed by atoms with Gasteiger partial charge in [0.05, 0.1) is 18.9 Å². The highest BCUT2D eigenvalue weighted by molar-refractivity contribution is 9.10. The van der Waals surface area contributed by atoms with Crippen molar-refractivity contribution in [3.63, 3.8) is 0 Å². The van der Waals surface area contributed by atoms with E-state index < -0.39 is 9.84 Å². The van der Waals surface area contributed by atoms with Crippen LogP contribution in [0, 0.1) is 5.41 Å². The van der Waals surface area contributed by atoms with Gasteiger partial charge in [0.1, 0.15) is 18.2 Å². The molecule has 0 fully saturated rings. The summed E-state index contributed by atoms with van der Waals surface area (Å²) in [6.07, 6.45) is 3.37. The van der Waals surface area contributed by atoms with Crippen LogP contribution in [0.15, 0.2) is 55.4 Å². The Bertz CT molecular complexity index is 891. The Labute approximate surface area is 157 Å². The lowest BCUT2D eigenvalue weighted by molar-refractivity contribution is 0.362. The lowest BCUT2D eigenvalue weighted by Crippen LogP contribution is -2.09. The second-order valence-corrected chi connectivity index (χ2v) is 9.57. The summed E-state index contributed by atoms with van der Waals surface area (Å²) in [5.74, 6) is 0.275. The van der Waals surface area contributed by atoms with Crippen LogP contribution in [-0.4, -0.2) is 27.1 Å². The van der Waals surface area contributed by atoms with Gasteiger partial charge in [-0.15, -0.1) is 23.1 Å². The number of ether oxygens (including phenoxy) is 1. The van der Waals surface area contributed by atoms with Crippen molar-refractivity contribution < 1.29 is 13.2 Å². The fourth-order valence-corrected chi connectivity index (χ4v) is 6.42. The number of hydrogen-bond acceptors (Lipinski definition) is 6. The molecule has 0 atom stereocenters. The summed E-state index contributed by atoms with van der Waals surface area (Å²) >= 11 is 5.80. The van der Waals surface area contributed by atoms with E-state index >= 15 is 0 Å². The number of halogens is 1. The van der Waals surface area contributed by atoms with Gasteiger partial charge in [0.25, 0.3) is 0 Å². The highest BCUT2D eigenvalue weighted by Gasteiger charge is 2.25. The Morgan fingerprint density at radius 1 is 1.46 bits per heavy atom. The zero-order valence-corrected chi connectivity index (χ0v) is 16.7. The quantitative estimate of drug-likeness (QED) is 0.291. The van der Waals surface area contributed by atoms with Crippen LogP contribution >= 0.6 is 39.0 Å². The number of rotatable bonds is 7. The van der Waals surface area contributed by atoms with E-state index in [-0.39, 0.29) is 22.2 Å². The number of nitrogens with two attached hydrogens (primary N) is 1. The normalized spacial score (nSPS) is 11.2. The van der Waals surface area contributed by atoms with Crippen molar-refractivity contribution in [1.29, 1.82) is 5.41 Å². The van der Waals surface area contributed by atoms with Crippen molar-refractivity contribution in [2.24, 2.45) is 5.73 Å². The highest BCUT2D eigenvalue weighted by Crippen LogP contribution is 2.38. The number of thiophene rings is 1. The molecule has 24 heavy (non-hydrogen) atoms. The molecule has 0 bridgehead atoms. The topological polar surface area (TPSA) is 93.2 Å². The van der Waals surface area contributed by atoms with Crippen LogP contribution in [0.25, 0.3) is 0 Å². The smallest absolute Gasteiger partial charge is 0.208 e. The zero-order valence-electron chi connectivity index (χ0n) is 12.7. The molecule has 0 saturated carbocycles. The van der Waals surface area contributed by atoms with E-state index in [4.69, 9.17) is 15.9 Å². The first-order chi connectivity index (χ1) is 11.3. The number of benzene rings is 1. The van der Waals surface area contributed by atoms with Crippen LogP contribution in [0.4, 0.5) is 0 Å². The largest absolute Gasteiger partial charge is 0.489 e. The SMILES string of the molecule is C=CCOc1cc(Br)cc(S(=O)(=O)c2cc(C(=N)N)sc2SC)c1. The molecule has 1 heterocycles. The number of hydrogen-bond donors (Lipinski definition) is 2. The third-order valence-corrected chi connectivity index (χ3v) is 7.71. The molecule has 0 aliphatic heterocycles. The molecule has 1 aromatic heterocycles. The van der Waals surface area contributed by atoms with Crippen LogP contribution in [0.5, 0.6) is 5.75 Å². The first-order valence-electron chi connectivity index (χ1n) is 6.61. The minimum Gasteiger partial charge on any atom is -0.489 e. The van der Waals surface area contributed by atoms with Crippen molar-refractivity contribution in [2.45, 2.75) is 14.0 Å². The Morgan fingerprint density at radius 3 is 2.75 bits per heavy atom. The lowest BCUT2D eigenvalue weighted by Gasteiger charge is -2.09. The molecule has 2 rings (SSSR count). The number of sulfone groups is 1. The highest BCUT2D eigenvalue weighted by atomic mass is 79.9. The minimum atomic E-state index is -3.76. The fourth-order valence-electron chi connectivity index (χ4n) is 1.88. The van der Waals surface area contributed by atoms with E-state index in [1.54, 1.807) is 18.4 Å². The van der Waals surface area contributed by atoms with E-state index in [0.29, 0.717) is 19.3 Å². The number of thioether (sulfide) groups is 1. The molecule has 5 nitrogen and oxygen atoms in total. The molecule has 128 valence electrons. The molecule has 0 unspecified atom stereocenters. The molecule has 1 aromatic carbocycles. The van der Waals surface area contributed by atoms with Crippen molar-refractivity contribution in [1.82, 2.24) is 0 Å². The first-order valence-corrected chi connectivity index (χ1v) is 10.9. The lowest BCUT2D eigenvalue weighted by atomic mass is 10.3. The van der Waals surface area contributed by atoms with Gasteiger partial charge >= 0.3 is 0 Å². The standard InChI is InChI=1S/C15H15BrN2O3S3/c1-3-4-21-10-5-9(16)6-11(7-10)24(19,20)13-8-12(14(17)18)23-15(13)22-2/h3,5-8H,1,4H2,2H3,(H3,17,18). The van der Waals surface area contributed by atoms with Crippen molar-refractivity contribution in [2.75, 3.05) is 12.9 Å². The maximum atomic E-state index is 13.0. The van der Waals surface area contributed by atoms with Gasteiger partial charge in [-0.2, -0.15) is 0 Å². The predicted molar refractivity (Wildman–Crippen MR) is 102 cm³/mol. The molecular formula is C15H15BrN2O3S3. The molecule has 0 spiro atoms. The molecule has 3 N–H and O–H groups in total. The van der Waals surface area contributed by atoms with Crippen LogP contribution in [0.3, 0.4) is 0 Å². The summed E-state index contributed by atoms with van der Waals surface area (Å²) < 4.78 is 32.6. The molecule has 0 aliphatic carbocycles. The maximum Gasteiger partial charge on any atom is 0.208 e. The molecule has 0 amide bonds. The third kappa shape index (κ3) is 4.02. The molecule has 0 radical (unpaired) electrons. The summed E-state index contributed by atoms with van der Waals surface area (Å²) in [5.41, 5.74) is 5.49. The number of nitrogen functional groups attached to an aromatic ring is 1. The Morgan fingerprint density at radius 2 is 2.17 bits per heavy atom. The third-order valence-electron chi connectivity index (χ3n) is 2.93. The minimum absolute atomic E-state index is 0.110. The van der Waals surface area contributed by atoms with E-state index in [2.05, 4.69) is 22.5 Å². The summed E-state index contributed by atoms with van der Waals surface area (Å²) in [6.45, 7) is 3.85. The molecule has 0 aliphatic rings. The first kappa shape index (κ1) is 19.0. The fraction of sp³-hybridized carbons (Fsp3) is 0.133. The number of nitrogens with one attached hydrogen (secondary N) is 1. The van der Waals surface area contributed by atoms with Crippen molar-refractivity contribution in [3.8, 4) is 5.75 Å². The molecule has 2 aromatic rings. The van der Waals surface area contributed by atoms with Gasteiger partial charge in [-0.25, -0.2) is 8.42 Å². The van der Waals surface area contributed by atoms with Gasteiger partial charge in [-0.1, -0.05) is 28.6 Å². The van der Waals surface area contributed by atoms with E-state index in [1.165, 1.54) is 41.3 Å². The van der Waals surface area contributed by atoms with Crippen molar-refractivity contribution >= 4 is 54.7 Å². The van der Waals surface area contributed by atoms with Gasteiger partial charge in [0.15, 0.2) is 0 Å². The summed E-state index contributed by atoms with van der Waals surface area (Å²) in [7, 11) is -3.76. The van der Waals surface area contributed by atoms with E-state index in [0.717, 1.165) is 0 Å². The van der Waals surface area contributed by atoms with Gasteiger partial charge in [-0.3, -0.25) is 5.41 Å². The summed E-state index contributed by atoms with van der Waals surface area (Å²) in [6, 6.07) is 6.12. The monoisotopic (exact) mass is 446 g/mol. The number of amidine groups is 1. The van der Waals surface area contributed by atoms with Gasteiger partial charge in [0, 0.05) is 4.47 Å². The maximum absolute atomic E-state index is 13.0. The van der Waals surface area contributed by atoms with E-state index in [9.17, 15) is 8.42 Å². The van der Waals surface area contributed by atoms with E-state index in [1.807, 2.05) is 0 Å². The van der Waals surface area contributed by atoms with Crippen LogP contribution < -0.4 is 10.5 Å². The Hall–Kier alpha value is -1.29. The average molecular weight is 447 g/mol. The van der Waals surface area contributed by atoms with Gasteiger partial charge in [-0.05, 0) is 30.5 Å². The zero-order chi connectivity index (χ0) is 17.9. The average Bonchev–Trinajstić information content (AvgIpc) is 2.97. The van der Waals surface area contributed by atoms with Crippen LogP contribution in [-0.2, 0) is 9.84 Å². The van der Waals surface area contributed by atoms with Gasteiger partial charge < -0.3 is 10.5 Å². The van der Waals surface area contributed by atoms with Crippen molar-refractivity contribution in [3.05, 3.63) is 46.3 Å². The van der Waals surface area contributed by atoms with Gasteiger partial charge in [0.2, 0.25) is 9.84 Å². The summed E-state index contributed by atoms with van der Waals surface area (Å²) in [4.78, 5) is 0.688.